The summed E-state index contributed by atoms with van der Waals surface area (Å²) in [6, 6.07) is 7.27. The van der Waals surface area contributed by atoms with Gasteiger partial charge in [0.1, 0.15) is 9.84 Å². The van der Waals surface area contributed by atoms with Crippen LogP contribution in [-0.2, 0) is 15.4 Å². The van der Waals surface area contributed by atoms with Gasteiger partial charge in [-0.3, -0.25) is 4.90 Å². The van der Waals surface area contributed by atoms with Crippen LogP contribution in [-0.4, -0.2) is 49.6 Å². The van der Waals surface area contributed by atoms with Gasteiger partial charge in [-0.2, -0.15) is 0 Å². The molecule has 0 aromatic heterocycles. The number of aliphatic hydroxyl groups is 1. The first kappa shape index (κ1) is 16.7. The highest BCUT2D eigenvalue weighted by Crippen LogP contribution is 2.34. The van der Waals surface area contributed by atoms with Gasteiger partial charge in [-0.15, -0.1) is 0 Å². The molecule has 4 nitrogen and oxygen atoms in total. The smallest absolute Gasteiger partial charge is 0.148 e. The molecule has 2 rings (SSSR count). The molecule has 0 spiro atoms. The first-order chi connectivity index (χ1) is 9.70. The van der Waals surface area contributed by atoms with E-state index >= 15 is 0 Å². The minimum atomic E-state index is -2.98. The third-order valence-electron chi connectivity index (χ3n) is 4.17. The lowest BCUT2D eigenvalue weighted by Gasteiger charge is -2.41. The fraction of sp³-hybridized carbons (Fsp3) is 0.600. The summed E-state index contributed by atoms with van der Waals surface area (Å²) in [7, 11) is -2.98. The van der Waals surface area contributed by atoms with Crippen LogP contribution in [0.5, 0.6) is 0 Å². The number of nitrogens with zero attached hydrogens (tertiary/aromatic N) is 1. The third kappa shape index (κ3) is 4.42. The maximum Gasteiger partial charge on any atom is 0.148 e. The Kier molecular flexibility index (Phi) is 4.98. The van der Waals surface area contributed by atoms with E-state index in [0.717, 1.165) is 5.56 Å². The van der Waals surface area contributed by atoms with Crippen LogP contribution in [0.3, 0.4) is 0 Å². The molecule has 21 heavy (non-hydrogen) atoms. The van der Waals surface area contributed by atoms with Crippen LogP contribution in [0, 0.1) is 0 Å². The van der Waals surface area contributed by atoms with Crippen LogP contribution >= 0.6 is 11.6 Å². The fourth-order valence-electron chi connectivity index (χ4n) is 2.93. The van der Waals surface area contributed by atoms with E-state index in [0.29, 0.717) is 31.0 Å². The molecule has 1 aromatic carbocycles. The minimum absolute atomic E-state index is 0.0187. The van der Waals surface area contributed by atoms with Gasteiger partial charge in [0, 0.05) is 30.4 Å². The molecule has 0 radical (unpaired) electrons. The summed E-state index contributed by atoms with van der Waals surface area (Å²) in [5, 5.41) is 11.4. The average Bonchev–Trinajstić information content (AvgIpc) is 2.38. The molecule has 118 valence electrons. The highest BCUT2D eigenvalue weighted by molar-refractivity contribution is 7.90. The summed E-state index contributed by atoms with van der Waals surface area (Å²) < 4.78 is 22.8. The summed E-state index contributed by atoms with van der Waals surface area (Å²) in [6.07, 6.45) is 2.46. The van der Waals surface area contributed by atoms with Gasteiger partial charge in [0.15, 0.2) is 0 Å². The van der Waals surface area contributed by atoms with Crippen molar-refractivity contribution >= 4 is 21.4 Å². The van der Waals surface area contributed by atoms with E-state index < -0.39 is 15.4 Å². The fourth-order valence-corrected chi connectivity index (χ4v) is 4.14. The molecule has 0 aliphatic carbocycles. The molecule has 1 saturated heterocycles. The van der Waals surface area contributed by atoms with Crippen molar-refractivity contribution in [3.8, 4) is 0 Å². The van der Waals surface area contributed by atoms with Gasteiger partial charge in [-0.1, -0.05) is 23.7 Å². The number of benzene rings is 1. The molecule has 0 amide bonds. The standard InChI is InChI=1S/C15H22ClNO3S/c1-12(11-21(2,19)20)17-9-7-15(18,8-10-17)13-3-5-14(16)6-4-13/h3-6,12,18H,7-11H2,1-2H3. The van der Waals surface area contributed by atoms with Crippen molar-refractivity contribution in [2.24, 2.45) is 0 Å². The monoisotopic (exact) mass is 331 g/mol. The predicted octanol–water partition coefficient (Wildman–Crippen LogP) is 2.06. The Hall–Kier alpha value is -0.620. The number of hydrogen-bond acceptors (Lipinski definition) is 4. The second-order valence-electron chi connectivity index (χ2n) is 6.02. The Morgan fingerprint density at radius 3 is 2.29 bits per heavy atom. The quantitative estimate of drug-likeness (QED) is 0.917. The van der Waals surface area contributed by atoms with Gasteiger partial charge in [0.05, 0.1) is 11.4 Å². The summed E-state index contributed by atoms with van der Waals surface area (Å²) in [5.41, 5.74) is 0.0358. The van der Waals surface area contributed by atoms with Crippen LogP contribution in [0.1, 0.15) is 25.3 Å². The number of rotatable bonds is 4. The molecule has 1 N–H and O–H groups in total. The number of halogens is 1. The van der Waals surface area contributed by atoms with Gasteiger partial charge in [-0.05, 0) is 37.5 Å². The van der Waals surface area contributed by atoms with Gasteiger partial charge >= 0.3 is 0 Å². The van der Waals surface area contributed by atoms with Crippen molar-refractivity contribution in [2.45, 2.75) is 31.4 Å². The highest BCUT2D eigenvalue weighted by atomic mass is 35.5. The number of likely N-dealkylation sites (tertiary alicyclic amines) is 1. The lowest BCUT2D eigenvalue weighted by molar-refractivity contribution is -0.0320. The lowest BCUT2D eigenvalue weighted by atomic mass is 9.84. The van der Waals surface area contributed by atoms with Gasteiger partial charge < -0.3 is 5.11 Å². The molecule has 1 aliphatic rings. The molecular weight excluding hydrogens is 310 g/mol. The average molecular weight is 332 g/mol. The summed E-state index contributed by atoms with van der Waals surface area (Å²) >= 11 is 5.88. The second-order valence-corrected chi connectivity index (χ2v) is 8.64. The number of hydrogen-bond donors (Lipinski definition) is 1. The molecule has 1 atom stereocenters. The van der Waals surface area contributed by atoms with E-state index in [2.05, 4.69) is 4.90 Å². The Labute approximate surface area is 131 Å². The molecule has 0 bridgehead atoms. The van der Waals surface area contributed by atoms with Crippen molar-refractivity contribution in [2.75, 3.05) is 25.1 Å². The van der Waals surface area contributed by atoms with E-state index in [1.807, 2.05) is 19.1 Å². The normalized spacial score (nSPS) is 21.1. The first-order valence-corrected chi connectivity index (χ1v) is 9.54. The number of sulfone groups is 1. The van der Waals surface area contributed by atoms with Gasteiger partial charge in [0.25, 0.3) is 0 Å². The van der Waals surface area contributed by atoms with E-state index in [1.54, 1.807) is 12.1 Å². The maximum atomic E-state index is 11.4. The Morgan fingerprint density at radius 2 is 1.81 bits per heavy atom. The predicted molar refractivity (Wildman–Crippen MR) is 85.3 cm³/mol. The molecule has 6 heteroatoms. The van der Waals surface area contributed by atoms with Crippen LogP contribution in [0.15, 0.2) is 24.3 Å². The van der Waals surface area contributed by atoms with Crippen molar-refractivity contribution in [3.63, 3.8) is 0 Å². The number of piperidine rings is 1. The van der Waals surface area contributed by atoms with E-state index in [9.17, 15) is 13.5 Å². The van der Waals surface area contributed by atoms with E-state index in [4.69, 9.17) is 11.6 Å². The van der Waals surface area contributed by atoms with Crippen LogP contribution in [0.2, 0.25) is 5.02 Å². The molecule has 1 aromatic rings. The zero-order valence-electron chi connectivity index (χ0n) is 12.4. The molecule has 1 unspecified atom stereocenters. The van der Waals surface area contributed by atoms with Crippen molar-refractivity contribution in [3.05, 3.63) is 34.9 Å². The summed E-state index contributed by atoms with van der Waals surface area (Å²) in [4.78, 5) is 2.13. The lowest BCUT2D eigenvalue weighted by Crippen LogP contribution is -2.47. The second kappa shape index (κ2) is 6.24. The zero-order chi connectivity index (χ0) is 15.7. The first-order valence-electron chi connectivity index (χ1n) is 7.10. The Bertz CT molecular complexity index is 577. The SMILES string of the molecule is CC(CS(C)(=O)=O)N1CCC(O)(c2ccc(Cl)cc2)CC1. The summed E-state index contributed by atoms with van der Waals surface area (Å²) in [5.74, 6) is 0.159. The van der Waals surface area contributed by atoms with Gasteiger partial charge in [0.2, 0.25) is 0 Å². The topological polar surface area (TPSA) is 57.6 Å². The van der Waals surface area contributed by atoms with Crippen LogP contribution < -0.4 is 0 Å². The largest absolute Gasteiger partial charge is 0.385 e. The van der Waals surface area contributed by atoms with E-state index in [1.165, 1.54) is 6.26 Å². The highest BCUT2D eigenvalue weighted by Gasteiger charge is 2.35. The molecule has 1 aliphatic heterocycles. The summed E-state index contributed by atoms with van der Waals surface area (Å²) in [6.45, 7) is 3.30. The van der Waals surface area contributed by atoms with Crippen molar-refractivity contribution < 1.29 is 13.5 Å². The zero-order valence-corrected chi connectivity index (χ0v) is 14.0. The Morgan fingerprint density at radius 1 is 1.29 bits per heavy atom. The van der Waals surface area contributed by atoms with Crippen molar-refractivity contribution in [1.82, 2.24) is 4.90 Å². The third-order valence-corrected chi connectivity index (χ3v) is 5.51. The van der Waals surface area contributed by atoms with E-state index in [-0.39, 0.29) is 11.8 Å². The molecule has 0 saturated carbocycles. The Balaban J connectivity index is 2.00. The molecule has 1 heterocycles. The maximum absolute atomic E-state index is 11.4. The van der Waals surface area contributed by atoms with Crippen LogP contribution in [0.25, 0.3) is 0 Å². The molecule has 1 fully saturated rings. The van der Waals surface area contributed by atoms with Crippen LogP contribution in [0.4, 0.5) is 0 Å². The molecular formula is C15H22ClNO3S. The minimum Gasteiger partial charge on any atom is -0.385 e. The van der Waals surface area contributed by atoms with Crippen molar-refractivity contribution in [1.29, 1.82) is 0 Å². The van der Waals surface area contributed by atoms with Gasteiger partial charge in [-0.25, -0.2) is 8.42 Å².